The molecule has 226 valence electrons. The number of likely N-dealkylation sites (tertiary alicyclic amines) is 1. The minimum absolute atomic E-state index is 0.0273. The Bertz CT molecular complexity index is 1500. The molecule has 0 bridgehead atoms. The second-order valence-electron chi connectivity index (χ2n) is 12.1. The summed E-state index contributed by atoms with van der Waals surface area (Å²) >= 11 is 1.06. The average Bonchev–Trinajstić information content (AvgIpc) is 3.30. The maximum Gasteiger partial charge on any atom is 0.391 e. The van der Waals surface area contributed by atoms with Crippen LogP contribution in [0.25, 0.3) is 21.3 Å². The molecule has 1 saturated heterocycles. The van der Waals surface area contributed by atoms with Crippen LogP contribution >= 0.6 is 11.3 Å². The van der Waals surface area contributed by atoms with Gasteiger partial charge in [-0.3, -0.25) is 9.59 Å². The van der Waals surface area contributed by atoms with Crippen molar-refractivity contribution in [2.75, 3.05) is 13.1 Å². The van der Waals surface area contributed by atoms with Crippen LogP contribution in [0.15, 0.2) is 22.6 Å². The standard InChI is InChI=1S/C29H32F4N4O4S/c1-15(29(31,32)33)11-20(38)16-12-17(14-18(13-16)28(4)7-8-28)22-21(25(39)37-9-5-19(30)6-10-37)34-24(42-22)23-35-36-26(41-23)27(2,3)40/h12-15,19,40H,5-11H2,1-4H3/t15-/m1/s1. The first kappa shape index (κ1) is 30.3. The lowest BCUT2D eigenvalue weighted by atomic mass is 9.90. The number of Topliss-reactive ketones (excluding diaryl/α,β-unsaturated/α-hetero) is 1. The van der Waals surface area contributed by atoms with Gasteiger partial charge in [-0.15, -0.1) is 21.5 Å². The number of halogens is 4. The monoisotopic (exact) mass is 608 g/mol. The third kappa shape index (κ3) is 6.26. The van der Waals surface area contributed by atoms with Crippen molar-refractivity contribution in [2.45, 2.75) is 83.2 Å². The number of alkyl halides is 4. The van der Waals surface area contributed by atoms with Crippen molar-refractivity contribution in [1.29, 1.82) is 0 Å². The first-order chi connectivity index (χ1) is 19.5. The first-order valence-corrected chi connectivity index (χ1v) is 14.6. The lowest BCUT2D eigenvalue weighted by molar-refractivity contribution is -0.168. The Hall–Kier alpha value is -3.19. The van der Waals surface area contributed by atoms with Gasteiger partial charge in [0.2, 0.25) is 5.89 Å². The van der Waals surface area contributed by atoms with Gasteiger partial charge in [0.15, 0.2) is 10.8 Å². The number of hydrogen-bond donors (Lipinski definition) is 1. The topological polar surface area (TPSA) is 109 Å². The zero-order valence-electron chi connectivity index (χ0n) is 23.7. The Kier molecular flexibility index (Phi) is 7.80. The number of ketones is 1. The molecule has 8 nitrogen and oxygen atoms in total. The molecule has 1 N–H and O–H groups in total. The van der Waals surface area contributed by atoms with Crippen molar-refractivity contribution in [2.24, 2.45) is 5.92 Å². The summed E-state index contributed by atoms with van der Waals surface area (Å²) in [6, 6.07) is 4.98. The van der Waals surface area contributed by atoms with E-state index in [-0.39, 0.29) is 59.4 Å². The maximum atomic E-state index is 13.8. The molecule has 2 fully saturated rings. The molecule has 5 rings (SSSR count). The van der Waals surface area contributed by atoms with Crippen LogP contribution in [0.1, 0.15) is 92.1 Å². The van der Waals surface area contributed by atoms with E-state index in [0.717, 1.165) is 36.7 Å². The minimum atomic E-state index is -4.51. The van der Waals surface area contributed by atoms with E-state index in [1.165, 1.54) is 24.8 Å². The number of nitrogens with zero attached hydrogens (tertiary/aromatic N) is 4. The van der Waals surface area contributed by atoms with E-state index < -0.39 is 42.0 Å². The second kappa shape index (κ2) is 10.8. The highest BCUT2D eigenvalue weighted by Crippen LogP contribution is 2.49. The van der Waals surface area contributed by atoms with Gasteiger partial charge >= 0.3 is 6.18 Å². The highest BCUT2D eigenvalue weighted by molar-refractivity contribution is 7.18. The summed E-state index contributed by atoms with van der Waals surface area (Å²) in [4.78, 5) is 33.3. The van der Waals surface area contributed by atoms with Crippen LogP contribution in [0, 0.1) is 5.92 Å². The summed E-state index contributed by atoms with van der Waals surface area (Å²) in [5.74, 6) is -2.99. The predicted molar refractivity (Wildman–Crippen MR) is 147 cm³/mol. The van der Waals surface area contributed by atoms with Crippen LogP contribution in [0.5, 0.6) is 0 Å². The van der Waals surface area contributed by atoms with Gasteiger partial charge in [-0.2, -0.15) is 13.2 Å². The van der Waals surface area contributed by atoms with Crippen LogP contribution in [-0.2, 0) is 11.0 Å². The number of aromatic nitrogens is 3. The molecular weight excluding hydrogens is 576 g/mol. The number of thiazole rings is 1. The zero-order chi connectivity index (χ0) is 30.6. The van der Waals surface area contributed by atoms with Gasteiger partial charge in [-0.25, -0.2) is 9.37 Å². The Labute approximate surface area is 244 Å². The van der Waals surface area contributed by atoms with Gasteiger partial charge in [0.1, 0.15) is 17.5 Å². The highest BCUT2D eigenvalue weighted by atomic mass is 32.1. The van der Waals surface area contributed by atoms with Crippen molar-refractivity contribution in [1.82, 2.24) is 20.1 Å². The van der Waals surface area contributed by atoms with Gasteiger partial charge in [0.05, 0.1) is 10.8 Å². The van der Waals surface area contributed by atoms with Crippen LogP contribution < -0.4 is 0 Å². The molecule has 2 aromatic heterocycles. The summed E-state index contributed by atoms with van der Waals surface area (Å²) in [5, 5.41) is 18.3. The van der Waals surface area contributed by atoms with E-state index in [0.29, 0.717) is 10.4 Å². The summed E-state index contributed by atoms with van der Waals surface area (Å²) in [5.41, 5.74) is -0.251. The summed E-state index contributed by atoms with van der Waals surface area (Å²) in [6.45, 7) is 6.34. The Balaban J connectivity index is 1.61. The fraction of sp³-hybridized carbons (Fsp3) is 0.552. The van der Waals surface area contributed by atoms with Crippen molar-refractivity contribution in [3.05, 3.63) is 40.9 Å². The number of piperidine rings is 1. The second-order valence-corrected chi connectivity index (χ2v) is 13.1. The van der Waals surface area contributed by atoms with Crippen LogP contribution in [0.2, 0.25) is 0 Å². The van der Waals surface area contributed by atoms with E-state index >= 15 is 0 Å². The number of hydrogen-bond acceptors (Lipinski definition) is 8. The highest BCUT2D eigenvalue weighted by Gasteiger charge is 2.41. The number of carbonyl (C=O) groups excluding carboxylic acids is 2. The lowest BCUT2D eigenvalue weighted by Crippen LogP contribution is -2.39. The predicted octanol–water partition coefficient (Wildman–Crippen LogP) is 6.48. The molecule has 3 aromatic rings. The molecule has 3 heterocycles. The van der Waals surface area contributed by atoms with E-state index in [1.807, 2.05) is 13.0 Å². The van der Waals surface area contributed by atoms with Crippen LogP contribution in [0.3, 0.4) is 0 Å². The molecular formula is C29H32F4N4O4S. The van der Waals surface area contributed by atoms with E-state index in [1.54, 1.807) is 6.07 Å². The minimum Gasteiger partial charge on any atom is -0.415 e. The third-order valence-corrected chi connectivity index (χ3v) is 9.03. The van der Waals surface area contributed by atoms with Crippen LogP contribution in [0.4, 0.5) is 17.6 Å². The number of aliphatic hydroxyl groups is 1. The molecule has 1 amide bonds. The van der Waals surface area contributed by atoms with E-state index in [4.69, 9.17) is 4.42 Å². The molecule has 42 heavy (non-hydrogen) atoms. The van der Waals surface area contributed by atoms with Crippen molar-refractivity contribution in [3.8, 4) is 21.3 Å². The molecule has 1 atom stereocenters. The fourth-order valence-electron chi connectivity index (χ4n) is 4.77. The summed E-state index contributed by atoms with van der Waals surface area (Å²) in [6.07, 6.45) is -4.12. The van der Waals surface area contributed by atoms with Gasteiger partial charge in [0, 0.05) is 25.1 Å². The Morgan fingerprint density at radius 2 is 1.83 bits per heavy atom. The molecule has 1 aromatic carbocycles. The van der Waals surface area contributed by atoms with Gasteiger partial charge < -0.3 is 14.4 Å². The Morgan fingerprint density at radius 3 is 2.40 bits per heavy atom. The molecule has 13 heteroatoms. The fourth-order valence-corrected chi connectivity index (χ4v) is 5.73. The number of carbonyl (C=O) groups is 2. The van der Waals surface area contributed by atoms with Gasteiger partial charge in [-0.1, -0.05) is 13.8 Å². The molecule has 0 spiro atoms. The van der Waals surface area contributed by atoms with E-state index in [2.05, 4.69) is 15.2 Å². The first-order valence-electron chi connectivity index (χ1n) is 13.8. The van der Waals surface area contributed by atoms with Gasteiger partial charge in [0.25, 0.3) is 11.8 Å². The normalized spacial score (nSPS) is 18.3. The van der Waals surface area contributed by atoms with Crippen molar-refractivity contribution >= 4 is 23.0 Å². The maximum absolute atomic E-state index is 13.8. The summed E-state index contributed by atoms with van der Waals surface area (Å²) in [7, 11) is 0. The molecule has 1 saturated carbocycles. The molecule has 2 aliphatic rings. The van der Waals surface area contributed by atoms with Crippen molar-refractivity contribution in [3.63, 3.8) is 0 Å². The molecule has 1 aliphatic heterocycles. The zero-order valence-corrected chi connectivity index (χ0v) is 24.5. The average molecular weight is 609 g/mol. The van der Waals surface area contributed by atoms with Gasteiger partial charge in [-0.05, 0) is 74.3 Å². The van der Waals surface area contributed by atoms with Crippen molar-refractivity contribution < 1.29 is 36.7 Å². The number of rotatable bonds is 8. The number of benzene rings is 1. The largest absolute Gasteiger partial charge is 0.415 e. The van der Waals surface area contributed by atoms with E-state index in [9.17, 15) is 32.3 Å². The lowest BCUT2D eigenvalue weighted by Gasteiger charge is -2.28. The third-order valence-electron chi connectivity index (χ3n) is 7.94. The molecule has 1 aliphatic carbocycles. The number of amides is 1. The quantitative estimate of drug-likeness (QED) is 0.230. The van der Waals surface area contributed by atoms with Crippen LogP contribution in [-0.4, -0.2) is 62.3 Å². The summed E-state index contributed by atoms with van der Waals surface area (Å²) < 4.78 is 59.3. The smallest absolute Gasteiger partial charge is 0.391 e. The molecule has 0 radical (unpaired) electrons. The Morgan fingerprint density at radius 1 is 1.17 bits per heavy atom. The SMILES string of the molecule is C[C@H](CC(=O)c1cc(-c2sc(-c3nnc(C(C)(C)O)o3)nc2C(=O)N2CCC(F)CC2)cc(C2(C)CC2)c1)C(F)(F)F. The molecule has 0 unspecified atom stereocenters.